The van der Waals surface area contributed by atoms with Crippen LogP contribution in [0.15, 0.2) is 24.3 Å². The number of anilines is 2. The highest BCUT2D eigenvalue weighted by molar-refractivity contribution is 6.10. The van der Waals surface area contributed by atoms with Crippen LogP contribution in [-0.4, -0.2) is 90.3 Å². The smallest absolute Gasteiger partial charge is 0.305 e. The van der Waals surface area contributed by atoms with Gasteiger partial charge in [0, 0.05) is 6.92 Å². The van der Waals surface area contributed by atoms with Crippen molar-refractivity contribution >= 4 is 53.2 Å². The predicted molar refractivity (Wildman–Crippen MR) is 119 cm³/mol. The van der Waals surface area contributed by atoms with E-state index in [1.807, 2.05) is 0 Å². The van der Waals surface area contributed by atoms with Crippen LogP contribution in [0.3, 0.4) is 0 Å². The Morgan fingerprint density at radius 3 is 2.37 bits per heavy atom. The number of carbonyl (C=O) groups excluding carboxylic acids is 6. The van der Waals surface area contributed by atoms with Gasteiger partial charge in [-0.15, -0.1) is 0 Å². The molecule has 1 aromatic carbocycles. The molecule has 0 spiro atoms. The molecule has 0 bridgehead atoms. The molecule has 1 aliphatic rings. The molecular weight excluding hydrogens is 466 g/mol. The first-order chi connectivity index (χ1) is 16.6. The topological polar surface area (TPSA) is 203 Å². The number of aliphatic carboxylic acids is 1. The second-order valence-electron chi connectivity index (χ2n) is 7.51. The number of nitrogens with one attached hydrogen (secondary N) is 3. The fourth-order valence-corrected chi connectivity index (χ4v) is 3.35. The molecule has 1 aliphatic heterocycles. The Bertz CT molecular complexity index is 1030. The molecule has 1 heterocycles. The van der Waals surface area contributed by atoms with E-state index in [1.54, 1.807) is 6.07 Å². The van der Waals surface area contributed by atoms with Crippen molar-refractivity contribution in [3.8, 4) is 0 Å². The second-order valence-corrected chi connectivity index (χ2v) is 7.51. The highest BCUT2D eigenvalue weighted by Crippen LogP contribution is 2.32. The van der Waals surface area contributed by atoms with Gasteiger partial charge in [0.25, 0.3) is 11.8 Å². The maximum absolute atomic E-state index is 13.4. The van der Waals surface area contributed by atoms with E-state index in [0.29, 0.717) is 0 Å². The Morgan fingerprint density at radius 1 is 1.14 bits per heavy atom. The Labute approximate surface area is 199 Å². The maximum Gasteiger partial charge on any atom is 0.305 e. The molecule has 0 saturated carbocycles. The number of nitrogens with zero attached hydrogens (tertiary/aromatic N) is 2. The summed E-state index contributed by atoms with van der Waals surface area (Å²) >= 11 is 0. The molecule has 0 fully saturated rings. The SMILES string of the molecule is CC(=O)NCC(=O)N[C@H]1CN(C(=O)CO)c2ccccc2N(CC(=O)N[C@H](C=O)CC(=O)O)C1=O. The quantitative estimate of drug-likeness (QED) is 0.213. The van der Waals surface area contributed by atoms with Crippen LogP contribution in [0.2, 0.25) is 0 Å². The van der Waals surface area contributed by atoms with Crippen LogP contribution < -0.4 is 25.8 Å². The lowest BCUT2D eigenvalue weighted by molar-refractivity contribution is -0.139. The molecule has 1 aromatic rings. The summed E-state index contributed by atoms with van der Waals surface area (Å²) < 4.78 is 0. The summed E-state index contributed by atoms with van der Waals surface area (Å²) in [7, 11) is 0. The maximum atomic E-state index is 13.4. The summed E-state index contributed by atoms with van der Waals surface area (Å²) in [6.45, 7) is -1.20. The number of hydrogen-bond donors (Lipinski definition) is 5. The first kappa shape index (κ1) is 26.9. The summed E-state index contributed by atoms with van der Waals surface area (Å²) in [5.74, 6) is -4.98. The number of carboxylic acids is 1. The monoisotopic (exact) mass is 491 g/mol. The number of aliphatic hydroxyl groups is 1. The average Bonchev–Trinajstić information content (AvgIpc) is 2.92. The molecule has 14 heteroatoms. The van der Waals surface area contributed by atoms with Crippen molar-refractivity contribution in [3.05, 3.63) is 24.3 Å². The summed E-state index contributed by atoms with van der Waals surface area (Å²) in [5, 5.41) is 25.2. The lowest BCUT2D eigenvalue weighted by Crippen LogP contribution is -2.56. The Hall–Kier alpha value is -4.33. The van der Waals surface area contributed by atoms with E-state index in [4.69, 9.17) is 5.11 Å². The highest BCUT2D eigenvalue weighted by Gasteiger charge is 2.37. The minimum absolute atomic E-state index is 0.106. The van der Waals surface area contributed by atoms with Gasteiger partial charge in [-0.3, -0.25) is 33.7 Å². The van der Waals surface area contributed by atoms with E-state index in [0.717, 1.165) is 9.80 Å². The van der Waals surface area contributed by atoms with E-state index < -0.39 is 73.7 Å². The number of para-hydroxylation sites is 2. The van der Waals surface area contributed by atoms with Crippen molar-refractivity contribution in [2.24, 2.45) is 0 Å². The van der Waals surface area contributed by atoms with Gasteiger partial charge in [0.2, 0.25) is 17.7 Å². The molecule has 0 saturated heterocycles. The second kappa shape index (κ2) is 12.2. The fraction of sp³-hybridized carbons (Fsp3) is 0.381. The number of hydrogen-bond acceptors (Lipinski definition) is 8. The normalized spacial score (nSPS) is 15.8. The van der Waals surface area contributed by atoms with Crippen LogP contribution in [0.5, 0.6) is 0 Å². The van der Waals surface area contributed by atoms with E-state index in [-0.39, 0.29) is 24.2 Å². The third-order valence-corrected chi connectivity index (χ3v) is 4.87. The van der Waals surface area contributed by atoms with E-state index in [9.17, 15) is 38.7 Å². The number of fused-ring (bicyclic) bond motifs is 1. The molecule has 0 aromatic heterocycles. The zero-order chi connectivity index (χ0) is 26.1. The molecule has 0 radical (unpaired) electrons. The number of carbonyl (C=O) groups is 7. The number of benzene rings is 1. The van der Waals surface area contributed by atoms with Crippen LogP contribution in [-0.2, 0) is 33.6 Å². The van der Waals surface area contributed by atoms with Gasteiger partial charge < -0.3 is 35.9 Å². The van der Waals surface area contributed by atoms with Crippen LogP contribution >= 0.6 is 0 Å². The third-order valence-electron chi connectivity index (χ3n) is 4.87. The van der Waals surface area contributed by atoms with Crippen LogP contribution in [0.25, 0.3) is 0 Å². The fourth-order valence-electron chi connectivity index (χ4n) is 3.35. The number of aliphatic hydroxyl groups excluding tert-OH is 1. The molecule has 2 rings (SSSR count). The van der Waals surface area contributed by atoms with E-state index in [1.165, 1.54) is 25.1 Å². The molecular formula is C21H25N5O9. The average molecular weight is 491 g/mol. The van der Waals surface area contributed by atoms with Crippen molar-refractivity contribution in [2.45, 2.75) is 25.4 Å². The number of amides is 5. The molecule has 0 aliphatic carbocycles. The van der Waals surface area contributed by atoms with E-state index >= 15 is 0 Å². The third kappa shape index (κ3) is 7.33. The summed E-state index contributed by atoms with van der Waals surface area (Å²) in [6, 6.07) is 3.30. The number of rotatable bonds is 10. The largest absolute Gasteiger partial charge is 0.481 e. The summed E-state index contributed by atoms with van der Waals surface area (Å²) in [4.78, 5) is 85.8. The van der Waals surface area contributed by atoms with E-state index in [2.05, 4.69) is 16.0 Å². The molecule has 0 unspecified atom stereocenters. The Balaban J connectivity index is 2.39. The van der Waals surface area contributed by atoms with Gasteiger partial charge in [0.15, 0.2) is 0 Å². The van der Waals surface area contributed by atoms with Gasteiger partial charge in [-0.2, -0.15) is 0 Å². The highest BCUT2D eigenvalue weighted by atomic mass is 16.4. The van der Waals surface area contributed by atoms with Crippen molar-refractivity contribution in [3.63, 3.8) is 0 Å². The van der Waals surface area contributed by atoms with Gasteiger partial charge in [-0.1, -0.05) is 12.1 Å². The van der Waals surface area contributed by atoms with Gasteiger partial charge >= 0.3 is 5.97 Å². The zero-order valence-corrected chi connectivity index (χ0v) is 18.7. The summed E-state index contributed by atoms with van der Waals surface area (Å²) in [5.41, 5.74) is 0.276. The lowest BCUT2D eigenvalue weighted by atomic mass is 10.2. The summed E-state index contributed by atoms with van der Waals surface area (Å²) in [6.07, 6.45) is -0.419. The Morgan fingerprint density at radius 2 is 1.80 bits per heavy atom. The lowest BCUT2D eigenvalue weighted by Gasteiger charge is -2.25. The minimum atomic E-state index is -1.37. The van der Waals surface area contributed by atoms with Crippen LogP contribution in [0.1, 0.15) is 13.3 Å². The molecule has 35 heavy (non-hydrogen) atoms. The first-order valence-corrected chi connectivity index (χ1v) is 10.4. The van der Waals surface area contributed by atoms with Crippen LogP contribution in [0, 0.1) is 0 Å². The molecule has 5 N–H and O–H groups in total. The number of carboxylic acid groups (broad SMARTS) is 1. The Kier molecular flexibility index (Phi) is 9.40. The van der Waals surface area contributed by atoms with Crippen molar-refractivity contribution in [1.82, 2.24) is 16.0 Å². The van der Waals surface area contributed by atoms with Crippen molar-refractivity contribution < 1.29 is 43.8 Å². The standard InChI is InChI=1S/C21H25N5O9/c1-12(29)22-7-17(30)24-14-8-25(19(32)11-28)15-4-2-3-5-16(15)26(21(14)35)9-18(31)23-13(10-27)6-20(33)34/h2-5,10,13-14,28H,6-9,11H2,1H3,(H,22,29)(H,23,31)(H,24,30)(H,33,34)/t13-,14-/m0/s1. The first-order valence-electron chi connectivity index (χ1n) is 10.4. The predicted octanol–water partition coefficient (Wildman–Crippen LogP) is -2.86. The van der Waals surface area contributed by atoms with Crippen LogP contribution in [0.4, 0.5) is 11.4 Å². The molecule has 188 valence electrons. The number of aldehydes is 1. The van der Waals surface area contributed by atoms with Crippen molar-refractivity contribution in [1.29, 1.82) is 0 Å². The van der Waals surface area contributed by atoms with Gasteiger partial charge in [-0.25, -0.2) is 0 Å². The molecule has 5 amide bonds. The zero-order valence-electron chi connectivity index (χ0n) is 18.7. The molecule has 14 nitrogen and oxygen atoms in total. The minimum Gasteiger partial charge on any atom is -0.481 e. The van der Waals surface area contributed by atoms with Gasteiger partial charge in [0.1, 0.15) is 25.5 Å². The van der Waals surface area contributed by atoms with Crippen molar-refractivity contribution in [2.75, 3.05) is 36.0 Å². The van der Waals surface area contributed by atoms with Gasteiger partial charge in [0.05, 0.1) is 36.9 Å². The van der Waals surface area contributed by atoms with Gasteiger partial charge in [-0.05, 0) is 12.1 Å². The molecule has 2 atom stereocenters.